The van der Waals surface area contributed by atoms with Crippen LogP contribution in [0, 0.1) is 6.92 Å². The van der Waals surface area contributed by atoms with Gasteiger partial charge in [0.2, 0.25) is 12.2 Å². The number of aliphatic imine (C=N–C) groups is 2. The fourth-order valence-corrected chi connectivity index (χ4v) is 2.25. The number of carbonyl (C=O) groups excluding carboxylic acids is 2. The van der Waals surface area contributed by atoms with Gasteiger partial charge in [0.05, 0.1) is 5.69 Å². The summed E-state index contributed by atoms with van der Waals surface area (Å²) in [5.74, 6) is 0. The van der Waals surface area contributed by atoms with Gasteiger partial charge >= 0.3 is 0 Å². The zero-order valence-electron chi connectivity index (χ0n) is 8.47. The van der Waals surface area contributed by atoms with Crippen LogP contribution in [0.3, 0.4) is 0 Å². The van der Waals surface area contributed by atoms with Crippen molar-refractivity contribution in [2.24, 2.45) is 9.98 Å². The largest absolute Gasteiger partial charge is 0.263 e. The van der Waals surface area contributed by atoms with Crippen LogP contribution in [0.5, 0.6) is 0 Å². The molecule has 1 rings (SSSR count). The third kappa shape index (κ3) is 2.87. The lowest BCUT2D eigenvalue weighted by atomic mass is 10.1. The Hall–Kier alpha value is -1.78. The van der Waals surface area contributed by atoms with Crippen molar-refractivity contribution in [1.82, 2.24) is 0 Å². The van der Waals surface area contributed by atoms with Crippen LogP contribution in [0.2, 0.25) is 0 Å². The fourth-order valence-electron chi connectivity index (χ4n) is 1.22. The molecule has 8 heteroatoms. The zero-order chi connectivity index (χ0) is 13.1. The lowest BCUT2D eigenvalue weighted by Gasteiger charge is -2.05. The zero-order valence-corrected chi connectivity index (χ0v) is 10.0. The van der Waals surface area contributed by atoms with Crippen molar-refractivity contribution in [2.45, 2.75) is 11.8 Å². The van der Waals surface area contributed by atoms with Crippen LogP contribution in [-0.2, 0) is 18.6 Å². The molecule has 6 nitrogen and oxygen atoms in total. The van der Waals surface area contributed by atoms with Crippen LogP contribution in [-0.4, -0.2) is 20.6 Å². The first kappa shape index (κ1) is 13.3. The summed E-state index contributed by atoms with van der Waals surface area (Å²) < 4.78 is 22.4. The minimum Gasteiger partial charge on any atom is -0.211 e. The summed E-state index contributed by atoms with van der Waals surface area (Å²) in [7, 11) is 1.12. The van der Waals surface area contributed by atoms with Gasteiger partial charge in [0.15, 0.2) is 0 Å². The molecule has 0 radical (unpaired) electrons. The van der Waals surface area contributed by atoms with Crippen molar-refractivity contribution in [2.75, 3.05) is 0 Å². The summed E-state index contributed by atoms with van der Waals surface area (Å²) in [5, 5.41) is 0. The Morgan fingerprint density at radius 2 is 1.76 bits per heavy atom. The van der Waals surface area contributed by atoms with Gasteiger partial charge in [-0.1, -0.05) is 0 Å². The van der Waals surface area contributed by atoms with Gasteiger partial charge in [-0.3, -0.25) is 0 Å². The normalized spacial score (nSPS) is 10.2. The SMILES string of the molecule is Cc1c(N=C=O)ccc(S(=O)(=O)Cl)c1N=C=O. The van der Waals surface area contributed by atoms with E-state index in [-0.39, 0.29) is 21.8 Å². The molecule has 0 fully saturated rings. The minimum atomic E-state index is -4.05. The molecule has 17 heavy (non-hydrogen) atoms. The average Bonchev–Trinajstić information content (AvgIpc) is 2.22. The van der Waals surface area contributed by atoms with Crippen LogP contribution in [0.4, 0.5) is 11.4 Å². The summed E-state index contributed by atoms with van der Waals surface area (Å²) in [6, 6.07) is 2.36. The molecule has 0 aliphatic heterocycles. The van der Waals surface area contributed by atoms with Crippen LogP contribution in [0.1, 0.15) is 5.56 Å². The van der Waals surface area contributed by atoms with Crippen molar-refractivity contribution in [3.63, 3.8) is 0 Å². The fraction of sp³-hybridized carbons (Fsp3) is 0.111. The molecule has 0 N–H and O–H groups in total. The van der Waals surface area contributed by atoms with Gasteiger partial charge < -0.3 is 0 Å². The van der Waals surface area contributed by atoms with E-state index in [9.17, 15) is 18.0 Å². The monoisotopic (exact) mass is 272 g/mol. The number of halogens is 1. The maximum atomic E-state index is 11.2. The second-order valence-corrected chi connectivity index (χ2v) is 5.43. The number of hydrogen-bond acceptors (Lipinski definition) is 6. The predicted octanol–water partition coefficient (Wildman–Crippen LogP) is 1.86. The number of rotatable bonds is 3. The van der Waals surface area contributed by atoms with Crippen molar-refractivity contribution in [3.8, 4) is 0 Å². The molecule has 0 spiro atoms. The van der Waals surface area contributed by atoms with Crippen LogP contribution in [0.25, 0.3) is 0 Å². The molecular weight excluding hydrogens is 268 g/mol. The van der Waals surface area contributed by atoms with Gasteiger partial charge in [-0.25, -0.2) is 18.0 Å². The molecule has 0 aromatic heterocycles. The van der Waals surface area contributed by atoms with E-state index in [0.29, 0.717) is 0 Å². The molecule has 1 aromatic rings. The summed E-state index contributed by atoms with van der Waals surface area (Å²) in [4.78, 5) is 26.6. The van der Waals surface area contributed by atoms with E-state index >= 15 is 0 Å². The summed E-state index contributed by atoms with van der Waals surface area (Å²) in [5.41, 5.74) is 0.183. The Balaban J connectivity index is 3.73. The molecular formula is C9H5ClN2O4S. The van der Waals surface area contributed by atoms with E-state index in [4.69, 9.17) is 10.7 Å². The second kappa shape index (κ2) is 5.03. The molecule has 0 saturated carbocycles. The summed E-state index contributed by atoms with van der Waals surface area (Å²) in [6.45, 7) is 1.44. The van der Waals surface area contributed by atoms with Crippen molar-refractivity contribution in [1.29, 1.82) is 0 Å². The van der Waals surface area contributed by atoms with E-state index in [1.807, 2.05) is 0 Å². The highest BCUT2D eigenvalue weighted by Gasteiger charge is 2.19. The molecule has 0 atom stereocenters. The van der Waals surface area contributed by atoms with E-state index in [1.165, 1.54) is 25.1 Å². The van der Waals surface area contributed by atoms with E-state index in [2.05, 4.69) is 9.98 Å². The Labute approximate surface area is 101 Å². The van der Waals surface area contributed by atoms with Crippen LogP contribution < -0.4 is 0 Å². The number of nitrogens with zero attached hydrogens (tertiary/aromatic N) is 2. The Morgan fingerprint density at radius 1 is 1.18 bits per heavy atom. The quantitative estimate of drug-likeness (QED) is 0.477. The highest BCUT2D eigenvalue weighted by molar-refractivity contribution is 8.13. The lowest BCUT2D eigenvalue weighted by molar-refractivity contribution is 0.564. The highest BCUT2D eigenvalue weighted by atomic mass is 35.7. The number of benzene rings is 1. The van der Waals surface area contributed by atoms with Crippen LogP contribution >= 0.6 is 10.7 Å². The standard InChI is InChI=1S/C9H5ClN2O4S/c1-6-7(11-4-13)2-3-8(17(10,15)16)9(6)12-5-14/h2-3H,1H3. The second-order valence-electron chi connectivity index (χ2n) is 2.90. The van der Waals surface area contributed by atoms with Gasteiger partial charge in [0, 0.05) is 16.2 Å². The molecule has 0 bridgehead atoms. The van der Waals surface area contributed by atoms with Gasteiger partial charge in [-0.15, -0.1) is 0 Å². The smallest absolute Gasteiger partial charge is 0.211 e. The van der Waals surface area contributed by atoms with Gasteiger partial charge in [0.1, 0.15) is 10.6 Å². The molecule has 0 saturated heterocycles. The minimum absolute atomic E-state index is 0.151. The first-order valence-electron chi connectivity index (χ1n) is 4.16. The van der Waals surface area contributed by atoms with Gasteiger partial charge in [-0.2, -0.15) is 9.98 Å². The first-order chi connectivity index (χ1) is 7.91. The van der Waals surface area contributed by atoms with Gasteiger partial charge in [-0.05, 0) is 19.1 Å². The maximum absolute atomic E-state index is 11.2. The molecule has 0 amide bonds. The summed E-state index contributed by atoms with van der Waals surface area (Å²) >= 11 is 0. The highest BCUT2D eigenvalue weighted by Crippen LogP contribution is 2.35. The van der Waals surface area contributed by atoms with Crippen molar-refractivity contribution < 1.29 is 18.0 Å². The molecule has 88 valence electrons. The first-order valence-corrected chi connectivity index (χ1v) is 6.46. The molecule has 0 unspecified atom stereocenters. The molecule has 0 aliphatic carbocycles. The number of isocyanates is 2. The lowest BCUT2D eigenvalue weighted by Crippen LogP contribution is -1.93. The predicted molar refractivity (Wildman–Crippen MR) is 59.8 cm³/mol. The van der Waals surface area contributed by atoms with E-state index < -0.39 is 9.05 Å². The average molecular weight is 273 g/mol. The number of hydrogen-bond donors (Lipinski definition) is 0. The molecule has 0 heterocycles. The van der Waals surface area contributed by atoms with E-state index in [0.717, 1.165) is 6.07 Å². The topological polar surface area (TPSA) is 93.0 Å². The van der Waals surface area contributed by atoms with Crippen LogP contribution in [0.15, 0.2) is 27.0 Å². The molecule has 0 aliphatic rings. The Morgan fingerprint density at radius 3 is 2.24 bits per heavy atom. The summed E-state index contributed by atoms with van der Waals surface area (Å²) in [6.07, 6.45) is 2.52. The van der Waals surface area contributed by atoms with E-state index in [1.54, 1.807) is 0 Å². The Kier molecular flexibility index (Phi) is 3.93. The van der Waals surface area contributed by atoms with Crippen molar-refractivity contribution in [3.05, 3.63) is 17.7 Å². The molecule has 1 aromatic carbocycles. The third-order valence-electron chi connectivity index (χ3n) is 1.95. The van der Waals surface area contributed by atoms with Crippen molar-refractivity contribution >= 4 is 43.3 Å². The Bertz CT molecular complexity index is 656. The maximum Gasteiger partial charge on any atom is 0.263 e. The van der Waals surface area contributed by atoms with Gasteiger partial charge in [0.25, 0.3) is 9.05 Å². The third-order valence-corrected chi connectivity index (χ3v) is 3.31.